The fourth-order valence-electron chi connectivity index (χ4n) is 2.01. The van der Waals surface area contributed by atoms with Gasteiger partial charge >= 0.3 is 0 Å². The molecule has 3 heteroatoms. The average Bonchev–Trinajstić information content (AvgIpc) is 2.44. The molecule has 19 heavy (non-hydrogen) atoms. The maximum Gasteiger partial charge on any atom is 0.0898 e. The van der Waals surface area contributed by atoms with Crippen molar-refractivity contribution in [3.05, 3.63) is 35.9 Å². The van der Waals surface area contributed by atoms with E-state index >= 15 is 0 Å². The van der Waals surface area contributed by atoms with E-state index in [0.717, 1.165) is 18.4 Å². The summed E-state index contributed by atoms with van der Waals surface area (Å²) in [6.45, 7) is 7.27. The van der Waals surface area contributed by atoms with E-state index < -0.39 is 6.10 Å². The van der Waals surface area contributed by atoms with Crippen LogP contribution in [0.3, 0.4) is 0 Å². The maximum absolute atomic E-state index is 9.87. The van der Waals surface area contributed by atoms with Crippen LogP contribution in [0, 0.1) is 0 Å². The molecule has 0 radical (unpaired) electrons. The van der Waals surface area contributed by atoms with Gasteiger partial charge in [-0.15, -0.1) is 0 Å². The predicted octanol–water partition coefficient (Wildman–Crippen LogP) is 2.90. The third-order valence-electron chi connectivity index (χ3n) is 3.23. The summed E-state index contributed by atoms with van der Waals surface area (Å²) in [7, 11) is 0. The molecule has 3 atom stereocenters. The van der Waals surface area contributed by atoms with Gasteiger partial charge < -0.3 is 15.2 Å². The number of hydrogen-bond acceptors (Lipinski definition) is 3. The molecule has 0 amide bonds. The van der Waals surface area contributed by atoms with Crippen LogP contribution in [0.4, 0.5) is 0 Å². The smallest absolute Gasteiger partial charge is 0.0898 e. The number of aliphatic hydroxyl groups excluding tert-OH is 1. The lowest BCUT2D eigenvalue weighted by molar-refractivity contribution is -0.00280. The molecule has 1 aromatic rings. The molecule has 0 aliphatic heterocycles. The number of hydrogen-bond donors (Lipinski definition) is 2. The molecule has 0 aliphatic carbocycles. The van der Waals surface area contributed by atoms with Crippen LogP contribution in [0.2, 0.25) is 0 Å². The Morgan fingerprint density at radius 1 is 1.21 bits per heavy atom. The highest BCUT2D eigenvalue weighted by molar-refractivity contribution is 5.16. The normalized spacial score (nSPS) is 16.0. The fraction of sp³-hybridized carbons (Fsp3) is 0.625. The minimum Gasteiger partial charge on any atom is -0.389 e. The zero-order chi connectivity index (χ0) is 14.1. The van der Waals surface area contributed by atoms with E-state index in [-0.39, 0.29) is 6.10 Å². The maximum atomic E-state index is 9.87. The van der Waals surface area contributed by atoms with Crippen LogP contribution in [-0.2, 0) is 4.74 Å². The molecule has 2 N–H and O–H groups in total. The third kappa shape index (κ3) is 6.71. The van der Waals surface area contributed by atoms with Crippen LogP contribution in [0.15, 0.2) is 30.3 Å². The second-order valence-electron chi connectivity index (χ2n) is 5.14. The number of nitrogens with one attached hydrogen (secondary N) is 1. The molecule has 3 unspecified atom stereocenters. The highest BCUT2D eigenvalue weighted by Gasteiger charge is 2.10. The van der Waals surface area contributed by atoms with Gasteiger partial charge in [-0.2, -0.15) is 0 Å². The van der Waals surface area contributed by atoms with Crippen molar-refractivity contribution in [2.45, 2.75) is 51.9 Å². The Morgan fingerprint density at radius 3 is 2.53 bits per heavy atom. The van der Waals surface area contributed by atoms with Gasteiger partial charge in [0.1, 0.15) is 0 Å². The minimum absolute atomic E-state index is 0.0175. The van der Waals surface area contributed by atoms with Gasteiger partial charge in [-0.25, -0.2) is 0 Å². The second-order valence-corrected chi connectivity index (χ2v) is 5.14. The second kappa shape index (κ2) is 9.08. The van der Waals surface area contributed by atoms with Crippen molar-refractivity contribution in [2.24, 2.45) is 0 Å². The molecule has 0 saturated carbocycles. The van der Waals surface area contributed by atoms with E-state index in [1.807, 2.05) is 37.3 Å². The summed E-state index contributed by atoms with van der Waals surface area (Å²) in [6.07, 6.45) is 1.86. The van der Waals surface area contributed by atoms with Gasteiger partial charge in [-0.1, -0.05) is 43.7 Å². The van der Waals surface area contributed by atoms with Gasteiger partial charge in [-0.05, 0) is 25.8 Å². The van der Waals surface area contributed by atoms with Crippen molar-refractivity contribution in [1.82, 2.24) is 5.32 Å². The first-order valence-electron chi connectivity index (χ1n) is 7.21. The Kier molecular flexibility index (Phi) is 7.72. The first kappa shape index (κ1) is 16.2. The first-order chi connectivity index (χ1) is 9.13. The standard InChI is InChI=1S/C16H27NO2/c1-4-8-13(2)17-11-16(18)12-19-14(3)15-9-6-5-7-10-15/h5-7,9-10,13-14,16-18H,4,8,11-12H2,1-3H3. The van der Waals surface area contributed by atoms with Crippen LogP contribution in [0.1, 0.15) is 45.3 Å². The summed E-state index contributed by atoms with van der Waals surface area (Å²) in [5, 5.41) is 13.2. The molecule has 0 aromatic heterocycles. The molecular weight excluding hydrogens is 238 g/mol. The summed E-state index contributed by atoms with van der Waals surface area (Å²) >= 11 is 0. The molecule has 0 saturated heterocycles. The molecule has 0 heterocycles. The Morgan fingerprint density at radius 2 is 1.89 bits per heavy atom. The number of aliphatic hydroxyl groups is 1. The summed E-state index contributed by atoms with van der Waals surface area (Å²) in [5.74, 6) is 0. The highest BCUT2D eigenvalue weighted by Crippen LogP contribution is 2.15. The van der Waals surface area contributed by atoms with Crippen molar-refractivity contribution in [1.29, 1.82) is 0 Å². The van der Waals surface area contributed by atoms with Crippen LogP contribution in [0.5, 0.6) is 0 Å². The van der Waals surface area contributed by atoms with Gasteiger partial charge in [0.15, 0.2) is 0 Å². The molecule has 108 valence electrons. The third-order valence-corrected chi connectivity index (χ3v) is 3.23. The largest absolute Gasteiger partial charge is 0.389 e. The van der Waals surface area contributed by atoms with E-state index in [1.54, 1.807) is 0 Å². The Labute approximate surface area is 117 Å². The van der Waals surface area contributed by atoms with Gasteiger partial charge in [-0.3, -0.25) is 0 Å². The highest BCUT2D eigenvalue weighted by atomic mass is 16.5. The van der Waals surface area contributed by atoms with E-state index in [2.05, 4.69) is 19.2 Å². The van der Waals surface area contributed by atoms with Gasteiger partial charge in [0.05, 0.1) is 18.8 Å². The SMILES string of the molecule is CCCC(C)NCC(O)COC(C)c1ccccc1. The van der Waals surface area contributed by atoms with Crippen LogP contribution in [0.25, 0.3) is 0 Å². The molecule has 1 rings (SSSR count). The molecular formula is C16H27NO2. The molecule has 3 nitrogen and oxygen atoms in total. The van der Waals surface area contributed by atoms with Crippen LogP contribution in [-0.4, -0.2) is 30.4 Å². The van der Waals surface area contributed by atoms with Gasteiger partial charge in [0.25, 0.3) is 0 Å². The lowest BCUT2D eigenvalue weighted by Crippen LogP contribution is -2.36. The molecule has 1 aromatic carbocycles. The van der Waals surface area contributed by atoms with E-state index in [4.69, 9.17) is 4.74 Å². The number of benzene rings is 1. The molecule has 0 bridgehead atoms. The quantitative estimate of drug-likeness (QED) is 0.721. The Balaban J connectivity index is 2.21. The van der Waals surface area contributed by atoms with Gasteiger partial charge in [0, 0.05) is 12.6 Å². The molecule has 0 aliphatic rings. The summed E-state index contributed by atoms with van der Waals surface area (Å²) in [6, 6.07) is 10.5. The van der Waals surface area contributed by atoms with Crippen molar-refractivity contribution in [2.75, 3.05) is 13.2 Å². The zero-order valence-electron chi connectivity index (χ0n) is 12.3. The zero-order valence-corrected chi connectivity index (χ0v) is 12.3. The van der Waals surface area contributed by atoms with Crippen molar-refractivity contribution >= 4 is 0 Å². The minimum atomic E-state index is -0.453. The van der Waals surface area contributed by atoms with E-state index in [9.17, 15) is 5.11 Å². The predicted molar refractivity (Wildman–Crippen MR) is 79.2 cm³/mol. The lowest BCUT2D eigenvalue weighted by atomic mass is 10.1. The van der Waals surface area contributed by atoms with Crippen LogP contribution >= 0.6 is 0 Å². The van der Waals surface area contributed by atoms with Crippen molar-refractivity contribution in [3.63, 3.8) is 0 Å². The molecule has 0 fully saturated rings. The number of rotatable bonds is 9. The van der Waals surface area contributed by atoms with Crippen molar-refractivity contribution in [3.8, 4) is 0 Å². The summed E-state index contributed by atoms with van der Waals surface area (Å²) in [4.78, 5) is 0. The number of ether oxygens (including phenoxy) is 1. The van der Waals surface area contributed by atoms with Gasteiger partial charge in [0.2, 0.25) is 0 Å². The fourth-order valence-corrected chi connectivity index (χ4v) is 2.01. The van der Waals surface area contributed by atoms with Crippen LogP contribution < -0.4 is 5.32 Å². The topological polar surface area (TPSA) is 41.5 Å². The van der Waals surface area contributed by atoms with E-state index in [0.29, 0.717) is 19.2 Å². The Bertz CT molecular complexity index is 329. The van der Waals surface area contributed by atoms with E-state index in [1.165, 1.54) is 0 Å². The first-order valence-corrected chi connectivity index (χ1v) is 7.21. The monoisotopic (exact) mass is 265 g/mol. The summed E-state index contributed by atoms with van der Waals surface area (Å²) in [5.41, 5.74) is 1.14. The summed E-state index contributed by atoms with van der Waals surface area (Å²) < 4.78 is 5.69. The molecule has 0 spiro atoms. The van der Waals surface area contributed by atoms with Crippen molar-refractivity contribution < 1.29 is 9.84 Å². The lowest BCUT2D eigenvalue weighted by Gasteiger charge is -2.19. The Hall–Kier alpha value is -0.900. The average molecular weight is 265 g/mol.